The minimum Gasteiger partial charge on any atom is -0.497 e. The number of aromatic nitrogens is 2. The second-order valence-corrected chi connectivity index (χ2v) is 5.91. The summed E-state index contributed by atoms with van der Waals surface area (Å²) in [5.41, 5.74) is 0. The molecule has 1 N–H and O–H groups in total. The summed E-state index contributed by atoms with van der Waals surface area (Å²) < 4.78 is 16.6. The Bertz CT molecular complexity index is 580. The third kappa shape index (κ3) is 4.92. The molecule has 6 nitrogen and oxygen atoms in total. The highest BCUT2D eigenvalue weighted by atomic mass is 79.9. The second-order valence-electron chi connectivity index (χ2n) is 4.03. The predicted molar refractivity (Wildman–Crippen MR) is 84.3 cm³/mol. The van der Waals surface area contributed by atoms with Crippen LogP contribution in [-0.4, -0.2) is 37.6 Å². The fourth-order valence-electron chi connectivity index (χ4n) is 1.51. The third-order valence-corrected chi connectivity index (χ3v) is 3.96. The molecule has 0 atom stereocenters. The molecule has 114 valence electrons. The van der Waals surface area contributed by atoms with Gasteiger partial charge in [0.25, 0.3) is 5.19 Å². The Balaban J connectivity index is 1.93. The third-order valence-electron chi connectivity index (χ3n) is 2.54. The van der Waals surface area contributed by atoms with Gasteiger partial charge >= 0.3 is 0 Å². The van der Waals surface area contributed by atoms with Gasteiger partial charge in [0, 0.05) is 20.2 Å². The van der Waals surface area contributed by atoms with Gasteiger partial charge in [-0.3, -0.25) is 0 Å². The lowest BCUT2D eigenvalue weighted by Gasteiger charge is -2.05. The van der Waals surface area contributed by atoms with Gasteiger partial charge in [0.05, 0.1) is 18.2 Å². The van der Waals surface area contributed by atoms with Gasteiger partial charge in [0.1, 0.15) is 16.5 Å². The maximum atomic E-state index is 5.71. The van der Waals surface area contributed by atoms with Crippen molar-refractivity contribution in [2.75, 3.05) is 27.4 Å². The molecule has 0 aliphatic carbocycles. The van der Waals surface area contributed by atoms with Crippen LogP contribution < -0.4 is 14.8 Å². The lowest BCUT2D eigenvalue weighted by atomic mass is 10.3. The molecule has 0 radical (unpaired) electrons. The van der Waals surface area contributed by atoms with E-state index in [1.807, 2.05) is 18.2 Å². The van der Waals surface area contributed by atoms with Crippen LogP contribution in [0, 0.1) is 0 Å². The van der Waals surface area contributed by atoms with E-state index in [9.17, 15) is 0 Å². The minimum atomic E-state index is 0.504. The van der Waals surface area contributed by atoms with E-state index >= 15 is 0 Å². The molecule has 0 bridgehead atoms. The molecule has 0 unspecified atom stereocenters. The Morgan fingerprint density at radius 2 is 2.14 bits per heavy atom. The summed E-state index contributed by atoms with van der Waals surface area (Å²) in [6, 6.07) is 5.48. The van der Waals surface area contributed by atoms with Crippen molar-refractivity contribution < 1.29 is 14.2 Å². The van der Waals surface area contributed by atoms with E-state index < -0.39 is 0 Å². The van der Waals surface area contributed by atoms with Crippen molar-refractivity contribution in [2.45, 2.75) is 6.54 Å². The number of halogens is 1. The SMILES string of the molecule is COCCNCc1nnc(Oc2ccc(OC)cc2Br)s1. The topological polar surface area (TPSA) is 65.5 Å². The van der Waals surface area contributed by atoms with E-state index in [-0.39, 0.29) is 0 Å². The van der Waals surface area contributed by atoms with Crippen LogP contribution in [0.4, 0.5) is 0 Å². The molecule has 1 aromatic heterocycles. The molecule has 0 fully saturated rings. The van der Waals surface area contributed by atoms with Gasteiger partial charge in [-0.25, -0.2) is 0 Å². The summed E-state index contributed by atoms with van der Waals surface area (Å²) in [5, 5.41) is 12.7. The highest BCUT2D eigenvalue weighted by molar-refractivity contribution is 9.10. The smallest absolute Gasteiger partial charge is 0.299 e. The van der Waals surface area contributed by atoms with Crippen molar-refractivity contribution in [3.63, 3.8) is 0 Å². The van der Waals surface area contributed by atoms with Crippen molar-refractivity contribution in [1.82, 2.24) is 15.5 Å². The fraction of sp³-hybridized carbons (Fsp3) is 0.385. The molecule has 0 saturated carbocycles. The van der Waals surface area contributed by atoms with Gasteiger partial charge in [-0.2, -0.15) is 0 Å². The summed E-state index contributed by atoms with van der Waals surface area (Å²) in [5.74, 6) is 1.43. The van der Waals surface area contributed by atoms with Gasteiger partial charge in [-0.1, -0.05) is 16.4 Å². The lowest BCUT2D eigenvalue weighted by Crippen LogP contribution is -2.18. The fourth-order valence-corrected chi connectivity index (χ4v) is 2.62. The average Bonchev–Trinajstić information content (AvgIpc) is 2.93. The van der Waals surface area contributed by atoms with Crippen LogP contribution in [0.15, 0.2) is 22.7 Å². The molecule has 2 aromatic rings. The number of hydrogen-bond donors (Lipinski definition) is 1. The monoisotopic (exact) mass is 373 g/mol. The highest BCUT2D eigenvalue weighted by Crippen LogP contribution is 2.33. The lowest BCUT2D eigenvalue weighted by molar-refractivity contribution is 0.199. The molecule has 1 heterocycles. The maximum Gasteiger partial charge on any atom is 0.299 e. The minimum absolute atomic E-state index is 0.504. The zero-order chi connectivity index (χ0) is 15.1. The van der Waals surface area contributed by atoms with Crippen molar-refractivity contribution in [2.24, 2.45) is 0 Å². The van der Waals surface area contributed by atoms with Crippen molar-refractivity contribution in [1.29, 1.82) is 0 Å². The van der Waals surface area contributed by atoms with Crippen LogP contribution in [0.3, 0.4) is 0 Å². The molecule has 1 aromatic carbocycles. The number of nitrogens with one attached hydrogen (secondary N) is 1. The first kappa shape index (κ1) is 16.2. The second kappa shape index (κ2) is 8.28. The average molecular weight is 374 g/mol. The largest absolute Gasteiger partial charge is 0.497 e. The van der Waals surface area contributed by atoms with E-state index in [2.05, 4.69) is 31.4 Å². The number of ether oxygens (including phenoxy) is 3. The highest BCUT2D eigenvalue weighted by Gasteiger charge is 2.09. The van der Waals surface area contributed by atoms with Crippen molar-refractivity contribution in [3.05, 3.63) is 27.7 Å². The Hall–Kier alpha value is -1.22. The number of hydrogen-bond acceptors (Lipinski definition) is 7. The Morgan fingerprint density at radius 3 is 2.86 bits per heavy atom. The normalized spacial score (nSPS) is 10.6. The molecular weight excluding hydrogens is 358 g/mol. The molecule has 0 spiro atoms. The summed E-state index contributed by atoms with van der Waals surface area (Å²) in [6.07, 6.45) is 0. The molecule has 0 aliphatic rings. The van der Waals surface area contributed by atoms with Gasteiger partial charge in [0.2, 0.25) is 0 Å². The van der Waals surface area contributed by atoms with Crippen molar-refractivity contribution >= 4 is 27.3 Å². The zero-order valence-electron chi connectivity index (χ0n) is 11.8. The van der Waals surface area contributed by atoms with Gasteiger partial charge in [-0.05, 0) is 34.1 Å². The first-order chi connectivity index (χ1) is 10.2. The van der Waals surface area contributed by atoms with Crippen LogP contribution >= 0.6 is 27.3 Å². The molecule has 2 rings (SSSR count). The molecule has 21 heavy (non-hydrogen) atoms. The van der Waals surface area contributed by atoms with Gasteiger partial charge in [-0.15, -0.1) is 5.10 Å². The van der Waals surface area contributed by atoms with Gasteiger partial charge in [0.15, 0.2) is 0 Å². The number of benzene rings is 1. The first-order valence-corrected chi connectivity index (χ1v) is 7.87. The molecule has 0 saturated heterocycles. The molecule has 8 heteroatoms. The summed E-state index contributed by atoms with van der Waals surface area (Å²) in [7, 11) is 3.29. The number of methoxy groups -OCH3 is 2. The van der Waals surface area contributed by atoms with Crippen molar-refractivity contribution in [3.8, 4) is 16.7 Å². The van der Waals surface area contributed by atoms with E-state index in [1.165, 1.54) is 11.3 Å². The van der Waals surface area contributed by atoms with Crippen LogP contribution in [0.1, 0.15) is 5.01 Å². The summed E-state index contributed by atoms with van der Waals surface area (Å²) in [4.78, 5) is 0. The first-order valence-electron chi connectivity index (χ1n) is 6.26. The number of rotatable bonds is 8. The summed E-state index contributed by atoms with van der Waals surface area (Å²) in [6.45, 7) is 2.09. The summed E-state index contributed by atoms with van der Waals surface area (Å²) >= 11 is 4.84. The van der Waals surface area contributed by atoms with Crippen LogP contribution in [0.5, 0.6) is 16.7 Å². The molecule has 0 amide bonds. The standard InChI is InChI=1S/C13H16BrN3O3S/c1-18-6-5-15-8-12-16-17-13(21-12)20-11-4-3-9(19-2)7-10(11)14/h3-4,7,15H,5-6,8H2,1-2H3. The van der Waals surface area contributed by atoms with Crippen LogP contribution in [0.2, 0.25) is 0 Å². The molecule has 0 aliphatic heterocycles. The zero-order valence-corrected chi connectivity index (χ0v) is 14.2. The molecular formula is C13H16BrN3O3S. The van der Waals surface area contributed by atoms with E-state index in [1.54, 1.807) is 14.2 Å². The van der Waals surface area contributed by atoms with Crippen LogP contribution in [0.25, 0.3) is 0 Å². The maximum absolute atomic E-state index is 5.71. The predicted octanol–water partition coefficient (Wildman–Crippen LogP) is 2.84. The van der Waals surface area contributed by atoms with Gasteiger partial charge < -0.3 is 19.5 Å². The van der Waals surface area contributed by atoms with E-state index in [0.717, 1.165) is 21.8 Å². The Morgan fingerprint density at radius 1 is 1.29 bits per heavy atom. The number of nitrogens with zero attached hydrogens (tertiary/aromatic N) is 2. The van der Waals surface area contributed by atoms with E-state index in [0.29, 0.717) is 24.1 Å². The Kier molecular flexibility index (Phi) is 6.37. The van der Waals surface area contributed by atoms with Crippen LogP contribution in [-0.2, 0) is 11.3 Å². The quantitative estimate of drug-likeness (QED) is 0.717. The van der Waals surface area contributed by atoms with E-state index in [4.69, 9.17) is 14.2 Å². The Labute approximate surface area is 135 Å².